The number of hydrogen-bond donors (Lipinski definition) is 2. The van der Waals surface area contributed by atoms with Gasteiger partial charge >= 0.3 is 5.97 Å². The molecule has 0 heterocycles. The van der Waals surface area contributed by atoms with Crippen molar-refractivity contribution >= 4 is 11.9 Å². The molecule has 4 heteroatoms. The van der Waals surface area contributed by atoms with E-state index in [2.05, 4.69) is 19.2 Å². The van der Waals surface area contributed by atoms with Gasteiger partial charge < -0.3 is 10.4 Å². The molecule has 0 radical (unpaired) electrons. The smallest absolute Gasteiger partial charge is 0.329 e. The number of amides is 1. The van der Waals surface area contributed by atoms with Crippen LogP contribution < -0.4 is 5.32 Å². The topological polar surface area (TPSA) is 66.4 Å². The van der Waals surface area contributed by atoms with Crippen molar-refractivity contribution in [2.75, 3.05) is 0 Å². The summed E-state index contributed by atoms with van der Waals surface area (Å²) in [6.07, 6.45) is 6.95. The Hall–Kier alpha value is -1.06. The van der Waals surface area contributed by atoms with Gasteiger partial charge in [0.25, 0.3) is 0 Å². The van der Waals surface area contributed by atoms with Crippen LogP contribution in [0.1, 0.15) is 65.2 Å². The van der Waals surface area contributed by atoms with Crippen LogP contribution in [0.2, 0.25) is 0 Å². The molecule has 2 rings (SSSR count). The summed E-state index contributed by atoms with van der Waals surface area (Å²) in [5.41, 5.74) is -0.980. The van der Waals surface area contributed by atoms with Crippen molar-refractivity contribution in [3.8, 4) is 0 Å². The fourth-order valence-corrected chi connectivity index (χ4v) is 3.76. The third-order valence-corrected chi connectivity index (χ3v) is 5.31. The number of carboxylic acid groups (broad SMARTS) is 1. The Morgan fingerprint density at radius 3 is 2.10 bits per heavy atom. The lowest BCUT2D eigenvalue weighted by Gasteiger charge is -2.33. The SMILES string of the molecule is CC(C)C1CCC(C(=O)NC2(C(=O)O)CCCC2)CC1. The molecule has 4 nitrogen and oxygen atoms in total. The van der Waals surface area contributed by atoms with E-state index >= 15 is 0 Å². The van der Waals surface area contributed by atoms with E-state index in [-0.39, 0.29) is 11.8 Å². The largest absolute Gasteiger partial charge is 0.480 e. The molecular formula is C16H27NO3. The lowest BCUT2D eigenvalue weighted by molar-refractivity contribution is -0.148. The molecule has 0 bridgehead atoms. The Kier molecular flexibility index (Phi) is 4.71. The lowest BCUT2D eigenvalue weighted by Crippen LogP contribution is -2.54. The van der Waals surface area contributed by atoms with Gasteiger partial charge in [-0.05, 0) is 50.4 Å². The average molecular weight is 281 g/mol. The van der Waals surface area contributed by atoms with Crippen LogP contribution in [0.5, 0.6) is 0 Å². The zero-order chi connectivity index (χ0) is 14.8. The number of nitrogens with one attached hydrogen (secondary N) is 1. The normalized spacial score (nSPS) is 29.4. The molecule has 2 fully saturated rings. The first-order valence-electron chi connectivity index (χ1n) is 8.00. The molecule has 1 amide bonds. The van der Waals surface area contributed by atoms with E-state index in [0.717, 1.165) is 44.4 Å². The van der Waals surface area contributed by atoms with Crippen molar-refractivity contribution < 1.29 is 14.7 Å². The van der Waals surface area contributed by atoms with Gasteiger partial charge in [-0.2, -0.15) is 0 Å². The van der Waals surface area contributed by atoms with Crippen molar-refractivity contribution in [2.45, 2.75) is 70.8 Å². The molecule has 0 aromatic rings. The molecule has 2 aliphatic rings. The van der Waals surface area contributed by atoms with E-state index in [4.69, 9.17) is 0 Å². The number of rotatable bonds is 4. The maximum Gasteiger partial charge on any atom is 0.329 e. The maximum atomic E-state index is 12.4. The third-order valence-electron chi connectivity index (χ3n) is 5.31. The van der Waals surface area contributed by atoms with Gasteiger partial charge in [0, 0.05) is 5.92 Å². The Bertz CT molecular complexity index is 364. The molecule has 0 aromatic heterocycles. The van der Waals surface area contributed by atoms with Gasteiger partial charge in [0.2, 0.25) is 5.91 Å². The van der Waals surface area contributed by atoms with Crippen molar-refractivity contribution in [1.29, 1.82) is 0 Å². The standard InChI is InChI=1S/C16H27NO3/c1-11(2)12-5-7-13(8-6-12)14(18)17-16(15(19)20)9-3-4-10-16/h11-13H,3-10H2,1-2H3,(H,17,18)(H,19,20). The molecular weight excluding hydrogens is 254 g/mol. The van der Waals surface area contributed by atoms with Crippen LogP contribution in [-0.2, 0) is 9.59 Å². The molecule has 0 aliphatic heterocycles. The lowest BCUT2D eigenvalue weighted by atomic mass is 9.76. The molecule has 0 atom stereocenters. The zero-order valence-electron chi connectivity index (χ0n) is 12.7. The summed E-state index contributed by atoms with van der Waals surface area (Å²) in [7, 11) is 0. The number of hydrogen-bond acceptors (Lipinski definition) is 2. The second kappa shape index (κ2) is 6.15. The zero-order valence-corrected chi connectivity index (χ0v) is 12.7. The van der Waals surface area contributed by atoms with E-state index in [1.807, 2.05) is 0 Å². The van der Waals surface area contributed by atoms with Gasteiger partial charge in [0.05, 0.1) is 0 Å². The van der Waals surface area contributed by atoms with Crippen LogP contribution in [0.4, 0.5) is 0 Å². The van der Waals surface area contributed by atoms with Gasteiger partial charge in [0.15, 0.2) is 0 Å². The Balaban J connectivity index is 1.91. The van der Waals surface area contributed by atoms with E-state index in [1.165, 1.54) is 0 Å². The first-order valence-corrected chi connectivity index (χ1v) is 8.00. The van der Waals surface area contributed by atoms with Crippen LogP contribution in [0.3, 0.4) is 0 Å². The molecule has 0 spiro atoms. The van der Waals surface area contributed by atoms with Crippen LogP contribution in [-0.4, -0.2) is 22.5 Å². The van der Waals surface area contributed by atoms with Gasteiger partial charge in [0.1, 0.15) is 5.54 Å². The average Bonchev–Trinajstić information content (AvgIpc) is 2.88. The van der Waals surface area contributed by atoms with E-state index in [0.29, 0.717) is 18.8 Å². The highest BCUT2D eigenvalue weighted by molar-refractivity contribution is 5.88. The first-order chi connectivity index (χ1) is 9.44. The molecule has 20 heavy (non-hydrogen) atoms. The van der Waals surface area contributed by atoms with Crippen molar-refractivity contribution in [3.05, 3.63) is 0 Å². The van der Waals surface area contributed by atoms with Crippen LogP contribution in [0, 0.1) is 17.8 Å². The fraction of sp³-hybridized carbons (Fsp3) is 0.875. The molecule has 2 N–H and O–H groups in total. The number of carbonyl (C=O) groups is 2. The van der Waals surface area contributed by atoms with Gasteiger partial charge in [-0.1, -0.05) is 26.7 Å². The molecule has 0 unspecified atom stereocenters. The predicted molar refractivity (Wildman–Crippen MR) is 77.3 cm³/mol. The highest BCUT2D eigenvalue weighted by Crippen LogP contribution is 2.35. The predicted octanol–water partition coefficient (Wildman–Crippen LogP) is 2.96. The summed E-state index contributed by atoms with van der Waals surface area (Å²) in [6, 6.07) is 0. The van der Waals surface area contributed by atoms with Gasteiger partial charge in [-0.25, -0.2) is 4.79 Å². The van der Waals surface area contributed by atoms with E-state index in [9.17, 15) is 14.7 Å². The Morgan fingerprint density at radius 1 is 1.10 bits per heavy atom. The molecule has 0 aromatic carbocycles. The van der Waals surface area contributed by atoms with Crippen LogP contribution >= 0.6 is 0 Å². The van der Waals surface area contributed by atoms with E-state index in [1.54, 1.807) is 0 Å². The van der Waals surface area contributed by atoms with Crippen molar-refractivity contribution in [2.24, 2.45) is 17.8 Å². The summed E-state index contributed by atoms with van der Waals surface area (Å²) in [6.45, 7) is 4.48. The molecule has 114 valence electrons. The summed E-state index contributed by atoms with van der Waals surface area (Å²) < 4.78 is 0. The summed E-state index contributed by atoms with van der Waals surface area (Å²) in [5, 5.41) is 12.3. The van der Waals surface area contributed by atoms with Crippen molar-refractivity contribution in [3.63, 3.8) is 0 Å². The number of aliphatic carboxylic acids is 1. The van der Waals surface area contributed by atoms with Gasteiger partial charge in [-0.15, -0.1) is 0 Å². The maximum absolute atomic E-state index is 12.4. The summed E-state index contributed by atoms with van der Waals surface area (Å²) >= 11 is 0. The minimum atomic E-state index is -0.980. The minimum Gasteiger partial charge on any atom is -0.480 e. The van der Waals surface area contributed by atoms with E-state index < -0.39 is 11.5 Å². The summed E-state index contributed by atoms with van der Waals surface area (Å²) in [4.78, 5) is 23.8. The monoisotopic (exact) mass is 281 g/mol. The molecule has 0 saturated heterocycles. The number of carbonyl (C=O) groups excluding carboxylic acids is 1. The Labute approximate surface area is 121 Å². The molecule has 2 saturated carbocycles. The van der Waals surface area contributed by atoms with Crippen molar-refractivity contribution in [1.82, 2.24) is 5.32 Å². The fourth-order valence-electron chi connectivity index (χ4n) is 3.76. The second-order valence-electron chi connectivity index (χ2n) is 6.94. The summed E-state index contributed by atoms with van der Waals surface area (Å²) in [5.74, 6) is 0.524. The Morgan fingerprint density at radius 2 is 1.65 bits per heavy atom. The highest BCUT2D eigenvalue weighted by atomic mass is 16.4. The second-order valence-corrected chi connectivity index (χ2v) is 6.94. The number of carboxylic acids is 1. The minimum absolute atomic E-state index is 0.0156. The first kappa shape index (κ1) is 15.3. The van der Waals surface area contributed by atoms with Gasteiger partial charge in [-0.3, -0.25) is 4.79 Å². The highest BCUT2D eigenvalue weighted by Gasteiger charge is 2.43. The molecule has 2 aliphatic carbocycles. The third kappa shape index (κ3) is 3.15. The van der Waals surface area contributed by atoms with Crippen LogP contribution in [0.15, 0.2) is 0 Å². The quantitative estimate of drug-likeness (QED) is 0.832. The van der Waals surface area contributed by atoms with Crippen LogP contribution in [0.25, 0.3) is 0 Å².